The van der Waals surface area contributed by atoms with Gasteiger partial charge in [-0.1, -0.05) is 23.7 Å². The molecule has 2 aromatic rings. The van der Waals surface area contributed by atoms with Gasteiger partial charge in [-0.2, -0.15) is 18.3 Å². The highest BCUT2D eigenvalue weighted by Crippen LogP contribution is 2.46. The van der Waals surface area contributed by atoms with Gasteiger partial charge >= 0.3 is 6.18 Å². The Kier molecular flexibility index (Phi) is 5.62. The molecular weight excluding hydrogens is 435 g/mol. The van der Waals surface area contributed by atoms with E-state index in [9.17, 15) is 18.0 Å². The molecule has 0 unspecified atom stereocenters. The van der Waals surface area contributed by atoms with Crippen LogP contribution in [0, 0.1) is 0 Å². The summed E-state index contributed by atoms with van der Waals surface area (Å²) in [6.07, 6.45) is -2.48. The van der Waals surface area contributed by atoms with Gasteiger partial charge in [0.2, 0.25) is 0 Å². The van der Waals surface area contributed by atoms with Gasteiger partial charge in [-0.15, -0.1) is 0 Å². The second kappa shape index (κ2) is 7.60. The van der Waals surface area contributed by atoms with Gasteiger partial charge in [0.1, 0.15) is 0 Å². The molecule has 0 saturated heterocycles. The van der Waals surface area contributed by atoms with Crippen LogP contribution in [0.5, 0.6) is 0 Å². The van der Waals surface area contributed by atoms with Crippen LogP contribution in [-0.2, 0) is 12.7 Å². The Bertz CT molecular complexity index is 818. The van der Waals surface area contributed by atoms with E-state index in [0.717, 1.165) is 12.8 Å². The van der Waals surface area contributed by atoms with Crippen LogP contribution in [0.1, 0.15) is 46.9 Å². The van der Waals surface area contributed by atoms with Gasteiger partial charge in [0.05, 0.1) is 16.3 Å². The summed E-state index contributed by atoms with van der Waals surface area (Å²) in [4.78, 5) is 12.1. The monoisotopic (exact) mass is 449 g/mol. The molecule has 1 heterocycles. The summed E-state index contributed by atoms with van der Waals surface area (Å²) >= 11 is 9.24. The van der Waals surface area contributed by atoms with E-state index in [1.165, 1.54) is 4.68 Å². The van der Waals surface area contributed by atoms with Crippen LogP contribution in [0.15, 0.2) is 28.7 Å². The van der Waals surface area contributed by atoms with Crippen molar-refractivity contribution < 1.29 is 18.0 Å². The van der Waals surface area contributed by atoms with Crippen molar-refractivity contribution in [1.29, 1.82) is 0 Å². The van der Waals surface area contributed by atoms with Gasteiger partial charge in [0.25, 0.3) is 5.91 Å². The lowest BCUT2D eigenvalue weighted by molar-refractivity contribution is -0.141. The number of aryl methyl sites for hydroxylation is 1. The summed E-state index contributed by atoms with van der Waals surface area (Å²) in [6.45, 7) is 0.584. The fraction of sp³-hybridized carbons (Fsp3) is 0.412. The van der Waals surface area contributed by atoms with Crippen LogP contribution < -0.4 is 5.32 Å². The number of alkyl halides is 3. The smallest absolute Gasteiger partial charge is 0.352 e. The average molecular weight is 451 g/mol. The summed E-state index contributed by atoms with van der Waals surface area (Å²) in [5.41, 5.74) is -0.0675. The molecule has 1 aromatic carbocycles. The largest absolute Gasteiger partial charge is 0.436 e. The van der Waals surface area contributed by atoms with Gasteiger partial charge in [0.15, 0.2) is 5.69 Å². The molecule has 1 saturated carbocycles. The predicted molar refractivity (Wildman–Crippen MR) is 95.3 cm³/mol. The molecule has 0 atom stereocenters. The minimum Gasteiger partial charge on any atom is -0.352 e. The van der Waals surface area contributed by atoms with Crippen LogP contribution in [0.25, 0.3) is 0 Å². The number of halogens is 5. The second-order valence-electron chi connectivity index (χ2n) is 6.13. The van der Waals surface area contributed by atoms with Crippen LogP contribution in [0.3, 0.4) is 0 Å². The molecule has 26 heavy (non-hydrogen) atoms. The third-order valence-electron chi connectivity index (χ3n) is 4.11. The molecule has 1 aromatic heterocycles. The number of carbonyl (C=O) groups is 1. The average Bonchev–Trinajstić information content (AvgIpc) is 3.34. The normalized spacial score (nSPS) is 14.5. The highest BCUT2D eigenvalue weighted by molar-refractivity contribution is 9.10. The molecular formula is C17H16BrClF3N3O. The Labute approximate surface area is 161 Å². The van der Waals surface area contributed by atoms with E-state index in [2.05, 4.69) is 26.3 Å². The predicted octanol–water partition coefficient (Wildman–Crippen LogP) is 5.02. The van der Waals surface area contributed by atoms with Crippen molar-refractivity contribution in [2.75, 3.05) is 6.54 Å². The third-order valence-corrected chi connectivity index (χ3v) is 5.18. The Morgan fingerprint density at radius 1 is 1.35 bits per heavy atom. The molecule has 0 bridgehead atoms. The molecule has 1 N–H and O–H groups in total. The molecule has 140 valence electrons. The summed E-state index contributed by atoms with van der Waals surface area (Å²) < 4.78 is 41.1. The zero-order valence-electron chi connectivity index (χ0n) is 13.6. The SMILES string of the molecule is O=C(NCCCn1nc(C(F)(F)F)c(Cl)c1C1CC1)c1ccccc1Br. The van der Waals surface area contributed by atoms with E-state index in [-0.39, 0.29) is 23.4 Å². The Morgan fingerprint density at radius 2 is 2.04 bits per heavy atom. The fourth-order valence-electron chi connectivity index (χ4n) is 2.72. The summed E-state index contributed by atoms with van der Waals surface area (Å²) in [7, 11) is 0. The van der Waals surface area contributed by atoms with Crippen LogP contribution in [0.4, 0.5) is 13.2 Å². The second-order valence-corrected chi connectivity index (χ2v) is 7.36. The third kappa shape index (κ3) is 4.23. The van der Waals surface area contributed by atoms with Gasteiger partial charge < -0.3 is 5.32 Å². The van der Waals surface area contributed by atoms with Gasteiger partial charge in [-0.3, -0.25) is 9.48 Å². The first-order valence-electron chi connectivity index (χ1n) is 8.15. The van der Waals surface area contributed by atoms with Crippen molar-refractivity contribution in [1.82, 2.24) is 15.1 Å². The quantitative estimate of drug-likeness (QED) is 0.629. The molecule has 1 aliphatic rings. The molecule has 0 spiro atoms. The topological polar surface area (TPSA) is 46.9 Å². The van der Waals surface area contributed by atoms with E-state index < -0.39 is 11.9 Å². The molecule has 1 fully saturated rings. The minimum absolute atomic E-state index is 0.0426. The first-order valence-corrected chi connectivity index (χ1v) is 9.32. The number of nitrogens with zero attached hydrogens (tertiary/aromatic N) is 2. The maximum atomic E-state index is 13.0. The van der Waals surface area contributed by atoms with E-state index in [4.69, 9.17) is 11.6 Å². The first kappa shape index (κ1) is 19.2. The zero-order chi connectivity index (χ0) is 18.9. The number of carbonyl (C=O) groups excluding carboxylic acids is 1. The van der Waals surface area contributed by atoms with Crippen molar-refractivity contribution in [2.24, 2.45) is 0 Å². The minimum atomic E-state index is -4.57. The van der Waals surface area contributed by atoms with E-state index >= 15 is 0 Å². The standard InChI is InChI=1S/C17H16BrClF3N3O/c18-12-5-2-1-4-11(12)16(26)23-8-3-9-25-14(10-6-7-10)13(19)15(24-25)17(20,21)22/h1-2,4-5,10H,3,6-9H2,(H,23,26). The van der Waals surface area contributed by atoms with E-state index in [0.29, 0.717) is 28.7 Å². The lowest BCUT2D eigenvalue weighted by atomic mass is 10.2. The first-order chi connectivity index (χ1) is 12.3. The van der Waals surface area contributed by atoms with E-state index in [1.807, 2.05) is 0 Å². The lowest BCUT2D eigenvalue weighted by Crippen LogP contribution is -2.25. The van der Waals surface area contributed by atoms with Crippen LogP contribution >= 0.6 is 27.5 Å². The Balaban J connectivity index is 1.62. The van der Waals surface area contributed by atoms with Crippen LogP contribution in [-0.4, -0.2) is 22.2 Å². The van der Waals surface area contributed by atoms with Crippen molar-refractivity contribution >= 4 is 33.4 Å². The maximum absolute atomic E-state index is 13.0. The highest BCUT2D eigenvalue weighted by atomic mass is 79.9. The van der Waals surface area contributed by atoms with Crippen molar-refractivity contribution in [3.8, 4) is 0 Å². The molecule has 1 amide bonds. The maximum Gasteiger partial charge on any atom is 0.436 e. The molecule has 1 aliphatic carbocycles. The number of rotatable bonds is 6. The van der Waals surface area contributed by atoms with Gasteiger partial charge in [-0.05, 0) is 47.3 Å². The molecule has 0 aliphatic heterocycles. The summed E-state index contributed by atoms with van der Waals surface area (Å²) in [6, 6.07) is 7.01. The molecule has 9 heteroatoms. The van der Waals surface area contributed by atoms with Crippen molar-refractivity contribution in [2.45, 2.75) is 37.9 Å². The van der Waals surface area contributed by atoms with Crippen molar-refractivity contribution in [3.05, 3.63) is 50.7 Å². The molecule has 3 rings (SSSR count). The Morgan fingerprint density at radius 3 is 2.65 bits per heavy atom. The molecule has 0 radical (unpaired) electrons. The molecule has 4 nitrogen and oxygen atoms in total. The number of hydrogen-bond donors (Lipinski definition) is 1. The summed E-state index contributed by atoms with van der Waals surface area (Å²) in [5.74, 6) is -0.199. The Hall–Kier alpha value is -1.54. The lowest BCUT2D eigenvalue weighted by Gasteiger charge is -2.09. The van der Waals surface area contributed by atoms with Gasteiger partial charge in [0, 0.05) is 23.5 Å². The fourth-order valence-corrected chi connectivity index (χ4v) is 3.58. The number of aromatic nitrogens is 2. The number of nitrogens with one attached hydrogen (secondary N) is 1. The van der Waals surface area contributed by atoms with E-state index in [1.54, 1.807) is 24.3 Å². The number of hydrogen-bond acceptors (Lipinski definition) is 2. The summed E-state index contributed by atoms with van der Waals surface area (Å²) in [5, 5.41) is 6.14. The number of benzene rings is 1. The van der Waals surface area contributed by atoms with Crippen LogP contribution in [0.2, 0.25) is 5.02 Å². The van der Waals surface area contributed by atoms with Crippen molar-refractivity contribution in [3.63, 3.8) is 0 Å². The van der Waals surface area contributed by atoms with Gasteiger partial charge in [-0.25, -0.2) is 0 Å². The zero-order valence-corrected chi connectivity index (χ0v) is 16.0. The highest BCUT2D eigenvalue weighted by Gasteiger charge is 2.41. The number of amides is 1.